The van der Waals surface area contributed by atoms with Crippen LogP contribution in [0.25, 0.3) is 0 Å². The van der Waals surface area contributed by atoms with Crippen molar-refractivity contribution >= 4 is 40.2 Å². The second kappa shape index (κ2) is 5.42. The van der Waals surface area contributed by atoms with E-state index in [4.69, 9.17) is 11.6 Å². The normalized spacial score (nSPS) is 13.2. The zero-order chi connectivity index (χ0) is 14.1. The highest BCUT2D eigenvalue weighted by Gasteiger charge is 2.19. The van der Waals surface area contributed by atoms with E-state index in [1.165, 1.54) is 4.88 Å². The molecule has 1 aliphatic rings. The van der Waals surface area contributed by atoms with Crippen LogP contribution in [0.4, 0.5) is 11.4 Å². The van der Waals surface area contributed by atoms with E-state index in [0.717, 1.165) is 28.4 Å². The molecule has 0 aliphatic carbocycles. The van der Waals surface area contributed by atoms with Crippen molar-refractivity contribution in [3.8, 4) is 0 Å². The summed E-state index contributed by atoms with van der Waals surface area (Å²) in [5.74, 6) is 0.0169. The number of carbonyl (C=O) groups is 1. The molecule has 0 fully saturated rings. The molecule has 2 N–H and O–H groups in total. The van der Waals surface area contributed by atoms with Crippen LogP contribution in [0.5, 0.6) is 0 Å². The average Bonchev–Trinajstić information content (AvgIpc) is 3.01. The van der Waals surface area contributed by atoms with Crippen molar-refractivity contribution in [3.63, 3.8) is 0 Å². The number of aromatic nitrogens is 1. The van der Waals surface area contributed by atoms with Crippen molar-refractivity contribution in [2.45, 2.75) is 26.3 Å². The van der Waals surface area contributed by atoms with Gasteiger partial charge in [-0.1, -0.05) is 18.5 Å². The number of nitrogens with one attached hydrogen (secondary N) is 2. The summed E-state index contributed by atoms with van der Waals surface area (Å²) in [7, 11) is 0. The summed E-state index contributed by atoms with van der Waals surface area (Å²) >= 11 is 7.93. The number of fused-ring (bicyclic) bond motifs is 1. The summed E-state index contributed by atoms with van der Waals surface area (Å²) < 4.78 is 0. The van der Waals surface area contributed by atoms with E-state index in [0.29, 0.717) is 18.0 Å². The third-order valence-electron chi connectivity index (χ3n) is 3.17. The third kappa shape index (κ3) is 2.64. The Hall–Kier alpha value is -1.59. The van der Waals surface area contributed by atoms with Gasteiger partial charge in [0, 0.05) is 16.8 Å². The zero-order valence-electron chi connectivity index (χ0n) is 11.0. The molecule has 0 unspecified atom stereocenters. The summed E-state index contributed by atoms with van der Waals surface area (Å²) in [6.45, 7) is 2.79. The molecule has 0 saturated heterocycles. The largest absolute Gasteiger partial charge is 0.379 e. The summed E-state index contributed by atoms with van der Waals surface area (Å²) in [5, 5.41) is 7.85. The summed E-state index contributed by atoms with van der Waals surface area (Å²) in [6.07, 6.45) is 3.27. The molecular weight excluding hydrogens is 294 g/mol. The van der Waals surface area contributed by atoms with Gasteiger partial charge in [0.05, 0.1) is 28.7 Å². The minimum Gasteiger partial charge on any atom is -0.379 e. The predicted molar refractivity (Wildman–Crippen MR) is 82.6 cm³/mol. The molecule has 0 spiro atoms. The first-order valence-corrected chi connectivity index (χ1v) is 7.65. The molecule has 0 saturated carbocycles. The molecule has 0 bridgehead atoms. The highest BCUT2D eigenvalue weighted by atomic mass is 35.5. The lowest BCUT2D eigenvalue weighted by atomic mass is 10.1. The average molecular weight is 308 g/mol. The Morgan fingerprint density at radius 3 is 3.10 bits per heavy atom. The molecule has 6 heteroatoms. The number of halogens is 1. The van der Waals surface area contributed by atoms with Gasteiger partial charge in [-0.3, -0.25) is 4.79 Å². The summed E-state index contributed by atoms with van der Waals surface area (Å²) in [6, 6.07) is 3.74. The van der Waals surface area contributed by atoms with E-state index in [-0.39, 0.29) is 5.91 Å². The molecular formula is C14H14ClN3OS. The van der Waals surface area contributed by atoms with E-state index in [1.807, 2.05) is 12.3 Å². The van der Waals surface area contributed by atoms with Gasteiger partial charge in [-0.25, -0.2) is 4.98 Å². The van der Waals surface area contributed by atoms with E-state index < -0.39 is 0 Å². The predicted octanol–water partition coefficient (Wildman–Crippen LogP) is 3.47. The number of hydrogen-bond donors (Lipinski definition) is 2. The Morgan fingerprint density at radius 2 is 2.35 bits per heavy atom. The Morgan fingerprint density at radius 1 is 1.50 bits per heavy atom. The van der Waals surface area contributed by atoms with E-state index >= 15 is 0 Å². The maximum atomic E-state index is 11.4. The van der Waals surface area contributed by atoms with Crippen LogP contribution in [0, 0.1) is 0 Å². The molecule has 0 atom stereocenters. The number of aryl methyl sites for hydroxylation is 1. The van der Waals surface area contributed by atoms with E-state index in [1.54, 1.807) is 17.4 Å². The van der Waals surface area contributed by atoms with Crippen molar-refractivity contribution in [2.24, 2.45) is 0 Å². The topological polar surface area (TPSA) is 54.0 Å². The lowest BCUT2D eigenvalue weighted by molar-refractivity contribution is -0.115. The quantitative estimate of drug-likeness (QED) is 0.909. The Balaban J connectivity index is 1.74. The number of benzene rings is 1. The van der Waals surface area contributed by atoms with Crippen LogP contribution >= 0.6 is 22.9 Å². The monoisotopic (exact) mass is 307 g/mol. The first kappa shape index (κ1) is 13.4. The minimum absolute atomic E-state index is 0.0169. The second-order valence-corrected chi connectivity index (χ2v) is 6.25. The van der Waals surface area contributed by atoms with Crippen LogP contribution in [-0.2, 0) is 24.2 Å². The lowest BCUT2D eigenvalue weighted by Crippen LogP contribution is -2.03. The molecule has 1 aliphatic heterocycles. The van der Waals surface area contributed by atoms with Crippen molar-refractivity contribution < 1.29 is 4.79 Å². The van der Waals surface area contributed by atoms with Gasteiger partial charge < -0.3 is 10.6 Å². The fourth-order valence-electron chi connectivity index (χ4n) is 2.16. The van der Waals surface area contributed by atoms with Crippen molar-refractivity contribution in [1.82, 2.24) is 4.98 Å². The number of hydrogen-bond acceptors (Lipinski definition) is 4. The molecule has 4 nitrogen and oxygen atoms in total. The Kier molecular flexibility index (Phi) is 3.63. The highest BCUT2D eigenvalue weighted by molar-refractivity contribution is 7.11. The van der Waals surface area contributed by atoms with Gasteiger partial charge in [0.1, 0.15) is 0 Å². The molecule has 1 aromatic heterocycles. The lowest BCUT2D eigenvalue weighted by Gasteiger charge is -2.09. The van der Waals surface area contributed by atoms with Gasteiger partial charge in [0.25, 0.3) is 0 Å². The zero-order valence-corrected chi connectivity index (χ0v) is 12.6. The fourth-order valence-corrected chi connectivity index (χ4v) is 3.19. The van der Waals surface area contributed by atoms with Crippen LogP contribution in [0.3, 0.4) is 0 Å². The van der Waals surface area contributed by atoms with E-state index in [9.17, 15) is 4.79 Å². The molecule has 20 heavy (non-hydrogen) atoms. The number of carbonyl (C=O) groups excluding carboxylic acids is 1. The van der Waals surface area contributed by atoms with Crippen LogP contribution in [0.2, 0.25) is 5.02 Å². The number of anilines is 2. The third-order valence-corrected chi connectivity index (χ3v) is 4.63. The highest BCUT2D eigenvalue weighted by Crippen LogP contribution is 2.33. The van der Waals surface area contributed by atoms with Crippen LogP contribution in [-0.4, -0.2) is 10.9 Å². The summed E-state index contributed by atoms with van der Waals surface area (Å²) in [4.78, 5) is 16.9. The Bertz CT molecular complexity index is 668. The second-order valence-electron chi connectivity index (χ2n) is 4.64. The van der Waals surface area contributed by atoms with Crippen LogP contribution < -0.4 is 10.6 Å². The van der Waals surface area contributed by atoms with Gasteiger partial charge in [0.15, 0.2) is 0 Å². The molecule has 1 amide bonds. The standard InChI is InChI=1S/C14H14ClN3OS/c1-2-14-17-7-9(20-14)6-16-12-3-8-4-13(19)18-11(8)5-10(12)15/h3,5,7,16H,2,4,6H2,1H3,(H,18,19). The number of nitrogens with zero attached hydrogens (tertiary/aromatic N) is 1. The van der Waals surface area contributed by atoms with Gasteiger partial charge in [0.2, 0.25) is 5.91 Å². The maximum Gasteiger partial charge on any atom is 0.228 e. The number of amides is 1. The van der Waals surface area contributed by atoms with Gasteiger partial charge in [-0.05, 0) is 24.1 Å². The minimum atomic E-state index is 0.0169. The van der Waals surface area contributed by atoms with Crippen LogP contribution in [0.1, 0.15) is 22.4 Å². The first-order valence-electron chi connectivity index (χ1n) is 6.45. The molecule has 1 aromatic carbocycles. The van der Waals surface area contributed by atoms with Gasteiger partial charge >= 0.3 is 0 Å². The van der Waals surface area contributed by atoms with Gasteiger partial charge in [-0.15, -0.1) is 11.3 Å². The van der Waals surface area contributed by atoms with E-state index in [2.05, 4.69) is 22.5 Å². The number of thiazole rings is 1. The smallest absolute Gasteiger partial charge is 0.228 e. The van der Waals surface area contributed by atoms with Gasteiger partial charge in [-0.2, -0.15) is 0 Å². The van der Waals surface area contributed by atoms with Crippen LogP contribution in [0.15, 0.2) is 18.3 Å². The maximum absolute atomic E-state index is 11.4. The molecule has 3 rings (SSSR count). The molecule has 2 heterocycles. The summed E-state index contributed by atoms with van der Waals surface area (Å²) in [5.41, 5.74) is 2.66. The number of rotatable bonds is 4. The van der Waals surface area contributed by atoms with Crippen molar-refractivity contribution in [3.05, 3.63) is 38.8 Å². The fraction of sp³-hybridized carbons (Fsp3) is 0.286. The molecule has 0 radical (unpaired) electrons. The Labute approximate surface area is 126 Å². The first-order chi connectivity index (χ1) is 9.65. The molecule has 104 valence electrons. The SMILES string of the molecule is CCc1ncc(CNc2cc3c(cc2Cl)NC(=O)C3)s1. The molecule has 2 aromatic rings. The van der Waals surface area contributed by atoms with Crippen molar-refractivity contribution in [2.75, 3.05) is 10.6 Å². The van der Waals surface area contributed by atoms with Crippen molar-refractivity contribution in [1.29, 1.82) is 0 Å².